The van der Waals surface area contributed by atoms with E-state index in [0.29, 0.717) is 0 Å². The van der Waals surface area contributed by atoms with Gasteiger partial charge in [0.05, 0.1) is 0 Å². The summed E-state index contributed by atoms with van der Waals surface area (Å²) >= 11 is 2.42. The Hall–Kier alpha value is -1.35. The SMILES string of the molecule is CCC1=C(/C=C(\CC)c2ccccc2)C(C)(C)c2cc(I)ccc21. The van der Waals surface area contributed by atoms with Crippen LogP contribution in [0.5, 0.6) is 0 Å². The van der Waals surface area contributed by atoms with Crippen LogP contribution >= 0.6 is 22.6 Å². The summed E-state index contributed by atoms with van der Waals surface area (Å²) in [6, 6.07) is 17.7. The van der Waals surface area contributed by atoms with Gasteiger partial charge < -0.3 is 0 Å². The van der Waals surface area contributed by atoms with Crippen molar-refractivity contribution in [2.45, 2.75) is 46.0 Å². The first kappa shape index (κ1) is 17.5. The van der Waals surface area contributed by atoms with Crippen LogP contribution in [-0.2, 0) is 5.41 Å². The third kappa shape index (κ3) is 2.99. The molecule has 0 atom stereocenters. The zero-order chi connectivity index (χ0) is 17.3. The molecule has 0 amide bonds. The van der Waals surface area contributed by atoms with Crippen molar-refractivity contribution >= 4 is 33.7 Å². The van der Waals surface area contributed by atoms with Gasteiger partial charge in [-0.25, -0.2) is 0 Å². The van der Waals surface area contributed by atoms with Gasteiger partial charge in [0.2, 0.25) is 0 Å². The lowest BCUT2D eigenvalue weighted by atomic mass is 9.80. The van der Waals surface area contributed by atoms with Crippen molar-refractivity contribution in [2.24, 2.45) is 0 Å². The summed E-state index contributed by atoms with van der Waals surface area (Å²) in [7, 11) is 0. The first-order valence-corrected chi connectivity index (χ1v) is 9.87. The van der Waals surface area contributed by atoms with Gasteiger partial charge in [0.25, 0.3) is 0 Å². The standard InChI is InChI=1S/C23H25I/c1-5-16(17-10-8-7-9-11-17)14-21-19(6-2)20-13-12-18(24)15-22(20)23(21,3)4/h7-15H,5-6H2,1-4H3/b16-14+. The summed E-state index contributed by atoms with van der Waals surface area (Å²) in [5.41, 5.74) is 8.74. The van der Waals surface area contributed by atoms with E-state index in [0.717, 1.165) is 12.8 Å². The van der Waals surface area contributed by atoms with Crippen LogP contribution in [0.1, 0.15) is 57.2 Å². The molecule has 124 valence electrons. The Bertz CT molecular complexity index is 807. The normalized spacial score (nSPS) is 16.5. The smallest absolute Gasteiger partial charge is 0.0156 e. The number of fused-ring (bicyclic) bond motifs is 1. The predicted molar refractivity (Wildman–Crippen MR) is 114 cm³/mol. The van der Waals surface area contributed by atoms with E-state index in [1.807, 2.05) is 0 Å². The minimum absolute atomic E-state index is 0.0665. The molecule has 0 heterocycles. The molecule has 1 aliphatic rings. The number of benzene rings is 2. The molecule has 0 fully saturated rings. The van der Waals surface area contributed by atoms with Gasteiger partial charge in [-0.1, -0.05) is 70.2 Å². The fourth-order valence-corrected chi connectivity index (χ4v) is 4.32. The Balaban J connectivity index is 2.17. The van der Waals surface area contributed by atoms with E-state index in [4.69, 9.17) is 0 Å². The molecule has 0 aromatic heterocycles. The van der Waals surface area contributed by atoms with Crippen molar-refractivity contribution in [3.63, 3.8) is 0 Å². The Morgan fingerprint density at radius 3 is 2.38 bits per heavy atom. The molecule has 2 aromatic rings. The maximum absolute atomic E-state index is 2.46. The first-order valence-electron chi connectivity index (χ1n) is 8.79. The van der Waals surface area contributed by atoms with Crippen LogP contribution in [0.4, 0.5) is 0 Å². The molecule has 0 radical (unpaired) electrons. The van der Waals surface area contributed by atoms with Gasteiger partial charge in [-0.2, -0.15) is 0 Å². The number of rotatable bonds is 4. The van der Waals surface area contributed by atoms with Crippen molar-refractivity contribution in [1.82, 2.24) is 0 Å². The molecule has 3 rings (SSSR count). The lowest BCUT2D eigenvalue weighted by Crippen LogP contribution is -2.16. The van der Waals surface area contributed by atoms with Crippen LogP contribution in [0, 0.1) is 3.57 Å². The Morgan fingerprint density at radius 2 is 1.75 bits per heavy atom. The van der Waals surface area contributed by atoms with Crippen molar-refractivity contribution in [3.8, 4) is 0 Å². The second-order valence-electron chi connectivity index (χ2n) is 6.95. The van der Waals surface area contributed by atoms with Crippen LogP contribution in [0.15, 0.2) is 60.2 Å². The minimum Gasteiger partial charge on any atom is -0.0622 e. The quantitative estimate of drug-likeness (QED) is 0.451. The summed E-state index contributed by atoms with van der Waals surface area (Å²) in [4.78, 5) is 0. The molecule has 1 aliphatic carbocycles. The summed E-state index contributed by atoms with van der Waals surface area (Å²) in [6.07, 6.45) is 4.59. The predicted octanol–water partition coefficient (Wildman–Crippen LogP) is 7.24. The van der Waals surface area contributed by atoms with E-state index in [-0.39, 0.29) is 5.41 Å². The number of hydrogen-bond acceptors (Lipinski definition) is 0. The average molecular weight is 428 g/mol. The van der Waals surface area contributed by atoms with Gasteiger partial charge in [0, 0.05) is 8.99 Å². The Labute approximate surface area is 159 Å². The molecule has 0 aliphatic heterocycles. The van der Waals surface area contributed by atoms with Gasteiger partial charge in [0.1, 0.15) is 0 Å². The molecule has 0 spiro atoms. The molecule has 0 unspecified atom stereocenters. The molecule has 0 saturated carbocycles. The number of halogens is 1. The van der Waals surface area contributed by atoms with Crippen LogP contribution in [0.3, 0.4) is 0 Å². The molecule has 0 bridgehead atoms. The highest BCUT2D eigenvalue weighted by molar-refractivity contribution is 14.1. The van der Waals surface area contributed by atoms with Gasteiger partial charge in [-0.15, -0.1) is 0 Å². The summed E-state index contributed by atoms with van der Waals surface area (Å²) in [5, 5.41) is 0. The minimum atomic E-state index is 0.0665. The van der Waals surface area contributed by atoms with Crippen LogP contribution in [0.25, 0.3) is 11.1 Å². The van der Waals surface area contributed by atoms with Gasteiger partial charge in [-0.3, -0.25) is 0 Å². The summed E-state index contributed by atoms with van der Waals surface area (Å²) < 4.78 is 1.32. The van der Waals surface area contributed by atoms with E-state index in [9.17, 15) is 0 Å². The van der Waals surface area contributed by atoms with Gasteiger partial charge in [-0.05, 0) is 81.0 Å². The highest BCUT2D eigenvalue weighted by Gasteiger charge is 2.36. The maximum atomic E-state index is 2.46. The maximum Gasteiger partial charge on any atom is 0.0156 e. The number of allylic oxidation sites excluding steroid dienone is 4. The fraction of sp³-hybridized carbons (Fsp3) is 0.304. The Morgan fingerprint density at radius 1 is 1.04 bits per heavy atom. The van der Waals surface area contributed by atoms with Gasteiger partial charge >= 0.3 is 0 Å². The zero-order valence-electron chi connectivity index (χ0n) is 15.0. The molecule has 24 heavy (non-hydrogen) atoms. The van der Waals surface area contributed by atoms with E-state index in [1.165, 1.54) is 37.0 Å². The van der Waals surface area contributed by atoms with Gasteiger partial charge in [0.15, 0.2) is 0 Å². The highest BCUT2D eigenvalue weighted by atomic mass is 127. The molecule has 0 N–H and O–H groups in total. The largest absolute Gasteiger partial charge is 0.0622 e. The van der Waals surface area contributed by atoms with Crippen molar-refractivity contribution in [1.29, 1.82) is 0 Å². The van der Waals surface area contributed by atoms with E-state index in [2.05, 4.69) is 105 Å². The lowest BCUT2D eigenvalue weighted by Gasteiger charge is -2.24. The van der Waals surface area contributed by atoms with E-state index < -0.39 is 0 Å². The molecule has 0 nitrogen and oxygen atoms in total. The topological polar surface area (TPSA) is 0 Å². The fourth-order valence-electron chi connectivity index (χ4n) is 3.83. The van der Waals surface area contributed by atoms with E-state index in [1.54, 1.807) is 0 Å². The van der Waals surface area contributed by atoms with Crippen molar-refractivity contribution in [2.75, 3.05) is 0 Å². The summed E-state index contributed by atoms with van der Waals surface area (Å²) in [5.74, 6) is 0. The van der Waals surface area contributed by atoms with Crippen LogP contribution < -0.4 is 0 Å². The number of hydrogen-bond donors (Lipinski definition) is 0. The molecule has 0 saturated heterocycles. The van der Waals surface area contributed by atoms with Crippen molar-refractivity contribution < 1.29 is 0 Å². The van der Waals surface area contributed by atoms with Crippen LogP contribution in [-0.4, -0.2) is 0 Å². The lowest BCUT2D eigenvalue weighted by molar-refractivity contribution is 0.653. The monoisotopic (exact) mass is 428 g/mol. The van der Waals surface area contributed by atoms with Crippen LogP contribution in [0.2, 0.25) is 0 Å². The third-order valence-corrected chi connectivity index (χ3v) is 5.85. The third-order valence-electron chi connectivity index (χ3n) is 5.18. The molecular formula is C23H25I. The highest BCUT2D eigenvalue weighted by Crippen LogP contribution is 2.49. The molecule has 2 aromatic carbocycles. The Kier molecular flexibility index (Phi) is 5.00. The average Bonchev–Trinajstić information content (AvgIpc) is 2.80. The molecule has 1 heteroatoms. The first-order chi connectivity index (χ1) is 11.5. The van der Waals surface area contributed by atoms with E-state index >= 15 is 0 Å². The second-order valence-corrected chi connectivity index (χ2v) is 8.20. The summed E-state index contributed by atoms with van der Waals surface area (Å²) in [6.45, 7) is 9.27. The van der Waals surface area contributed by atoms with Crippen molar-refractivity contribution in [3.05, 3.63) is 80.4 Å². The zero-order valence-corrected chi connectivity index (χ0v) is 17.1. The molecular weight excluding hydrogens is 403 g/mol. The second kappa shape index (κ2) is 6.87.